The minimum Gasteiger partial charge on any atom is -0.206 e. The Labute approximate surface area is 178 Å². The van der Waals surface area contributed by atoms with E-state index in [1.165, 1.54) is 63.0 Å². The molecule has 0 spiro atoms. The molecule has 0 nitrogen and oxygen atoms in total. The number of benzene rings is 2. The minimum absolute atomic E-state index is 0.298. The fourth-order valence-electron chi connectivity index (χ4n) is 5.28. The zero-order valence-electron chi connectivity index (χ0n) is 17.8. The van der Waals surface area contributed by atoms with E-state index >= 15 is 4.39 Å². The van der Waals surface area contributed by atoms with Crippen LogP contribution in [-0.2, 0) is 6.42 Å². The lowest BCUT2D eigenvalue weighted by atomic mass is 9.74. The molecule has 0 bridgehead atoms. The number of unbranched alkanes of at least 4 members (excludes halogenated alkanes) is 2. The molecule has 2 aliphatic rings. The normalized spacial score (nSPS) is 21.3. The molecule has 0 radical (unpaired) electrons. The van der Waals surface area contributed by atoms with Gasteiger partial charge in [0.1, 0.15) is 5.82 Å². The first-order valence-electron chi connectivity index (χ1n) is 11.5. The van der Waals surface area contributed by atoms with Crippen molar-refractivity contribution in [3.63, 3.8) is 0 Å². The van der Waals surface area contributed by atoms with E-state index in [1.807, 2.05) is 6.07 Å². The molecule has 0 atom stereocenters. The van der Waals surface area contributed by atoms with Gasteiger partial charge >= 0.3 is 0 Å². The lowest BCUT2D eigenvalue weighted by Crippen LogP contribution is -2.18. The summed E-state index contributed by atoms with van der Waals surface area (Å²) in [5.41, 5.74) is 3.84. The number of rotatable bonds is 6. The molecule has 0 unspecified atom stereocenters. The Morgan fingerprint density at radius 2 is 1.67 bits per heavy atom. The van der Waals surface area contributed by atoms with Crippen LogP contribution in [0.15, 0.2) is 35.9 Å². The van der Waals surface area contributed by atoms with Gasteiger partial charge in [0.2, 0.25) is 0 Å². The fraction of sp³-hybridized carbons (Fsp3) is 0.481. The summed E-state index contributed by atoms with van der Waals surface area (Å²) in [6, 6.07) is 7.20. The van der Waals surface area contributed by atoms with Gasteiger partial charge < -0.3 is 0 Å². The lowest BCUT2D eigenvalue weighted by molar-refractivity contribution is 0.279. The van der Waals surface area contributed by atoms with Gasteiger partial charge in [-0.1, -0.05) is 62.5 Å². The number of fused-ring (bicyclic) bond motifs is 1. The summed E-state index contributed by atoms with van der Waals surface area (Å²) >= 11 is 0. The monoisotopic (exact) mass is 412 g/mol. The van der Waals surface area contributed by atoms with E-state index < -0.39 is 11.6 Å². The molecule has 0 amide bonds. The predicted molar refractivity (Wildman–Crippen MR) is 118 cm³/mol. The van der Waals surface area contributed by atoms with Crippen molar-refractivity contribution >= 4 is 6.08 Å². The van der Waals surface area contributed by atoms with E-state index in [0.29, 0.717) is 29.0 Å². The SMILES string of the molecule is CCCCCC1CCC(C2=Cc3ccc(-c4ccc(F)c(F)c4)c(F)c3CC2)CC1. The highest BCUT2D eigenvalue weighted by Crippen LogP contribution is 2.41. The highest BCUT2D eigenvalue weighted by atomic mass is 19.2. The molecular formula is C27H31F3. The van der Waals surface area contributed by atoms with Crippen molar-refractivity contribution in [2.45, 2.75) is 71.1 Å². The van der Waals surface area contributed by atoms with Crippen molar-refractivity contribution in [3.8, 4) is 11.1 Å². The van der Waals surface area contributed by atoms with Gasteiger partial charge in [-0.25, -0.2) is 13.2 Å². The van der Waals surface area contributed by atoms with Crippen LogP contribution >= 0.6 is 0 Å². The topological polar surface area (TPSA) is 0 Å². The molecular weight excluding hydrogens is 381 g/mol. The van der Waals surface area contributed by atoms with Crippen LogP contribution in [0.3, 0.4) is 0 Å². The average molecular weight is 413 g/mol. The summed E-state index contributed by atoms with van der Waals surface area (Å²) in [7, 11) is 0. The summed E-state index contributed by atoms with van der Waals surface area (Å²) < 4.78 is 42.0. The Bertz CT molecular complexity index is 920. The van der Waals surface area contributed by atoms with E-state index in [2.05, 4.69) is 13.0 Å². The molecule has 2 aromatic carbocycles. The number of halogens is 3. The Morgan fingerprint density at radius 3 is 2.40 bits per heavy atom. The van der Waals surface area contributed by atoms with Crippen LogP contribution in [0, 0.1) is 29.3 Å². The maximum absolute atomic E-state index is 15.2. The second-order valence-electron chi connectivity index (χ2n) is 9.06. The Kier molecular flexibility index (Phi) is 6.65. The molecule has 3 heteroatoms. The molecule has 0 aliphatic heterocycles. The molecule has 0 saturated heterocycles. The van der Waals surface area contributed by atoms with Gasteiger partial charge in [0.15, 0.2) is 11.6 Å². The second-order valence-corrected chi connectivity index (χ2v) is 9.06. The summed E-state index contributed by atoms with van der Waals surface area (Å²) in [6.07, 6.45) is 14.3. The maximum atomic E-state index is 15.2. The maximum Gasteiger partial charge on any atom is 0.159 e. The zero-order chi connectivity index (χ0) is 21.1. The van der Waals surface area contributed by atoms with Gasteiger partial charge in [-0.3, -0.25) is 0 Å². The zero-order valence-corrected chi connectivity index (χ0v) is 17.8. The highest BCUT2D eigenvalue weighted by Gasteiger charge is 2.26. The molecule has 2 aliphatic carbocycles. The van der Waals surface area contributed by atoms with Crippen LogP contribution in [0.4, 0.5) is 13.2 Å². The van der Waals surface area contributed by atoms with Gasteiger partial charge in [-0.15, -0.1) is 0 Å². The molecule has 160 valence electrons. The van der Waals surface area contributed by atoms with Gasteiger partial charge in [0, 0.05) is 5.56 Å². The summed E-state index contributed by atoms with van der Waals surface area (Å²) in [4.78, 5) is 0. The standard InChI is InChI=1S/C27H31F3/c1-2-3-4-5-18-6-8-19(9-7-18)20-10-13-23-21(16-20)11-14-24(27(23)30)22-12-15-25(28)26(29)17-22/h11-12,14-19H,2-10,13H2,1H3. The third-order valence-electron chi connectivity index (χ3n) is 7.10. The summed E-state index contributed by atoms with van der Waals surface area (Å²) in [5.74, 6) is -0.634. The fourth-order valence-corrected chi connectivity index (χ4v) is 5.28. The van der Waals surface area contributed by atoms with Crippen molar-refractivity contribution < 1.29 is 13.2 Å². The Morgan fingerprint density at radius 1 is 0.867 bits per heavy atom. The van der Waals surface area contributed by atoms with Gasteiger partial charge in [0.05, 0.1) is 0 Å². The van der Waals surface area contributed by atoms with Crippen molar-refractivity contribution in [2.75, 3.05) is 0 Å². The summed E-state index contributed by atoms with van der Waals surface area (Å²) in [6.45, 7) is 2.26. The van der Waals surface area contributed by atoms with Gasteiger partial charge in [-0.05, 0) is 79.2 Å². The third-order valence-corrected chi connectivity index (χ3v) is 7.10. The number of allylic oxidation sites excluding steroid dienone is 1. The van der Waals surface area contributed by atoms with Crippen LogP contribution in [0.2, 0.25) is 0 Å². The number of hydrogen-bond acceptors (Lipinski definition) is 0. The summed E-state index contributed by atoms with van der Waals surface area (Å²) in [5, 5.41) is 0. The van der Waals surface area contributed by atoms with Crippen molar-refractivity contribution in [2.24, 2.45) is 11.8 Å². The number of hydrogen-bond donors (Lipinski definition) is 0. The molecule has 0 aromatic heterocycles. The van der Waals surface area contributed by atoms with E-state index in [4.69, 9.17) is 0 Å². The van der Waals surface area contributed by atoms with Gasteiger partial charge in [-0.2, -0.15) is 0 Å². The van der Waals surface area contributed by atoms with E-state index in [0.717, 1.165) is 30.0 Å². The average Bonchev–Trinajstić information content (AvgIpc) is 2.76. The molecule has 1 fully saturated rings. The first-order chi connectivity index (χ1) is 14.6. The van der Waals surface area contributed by atoms with E-state index in [-0.39, 0.29) is 5.82 Å². The Hall–Kier alpha value is -2.03. The van der Waals surface area contributed by atoms with Crippen LogP contribution in [-0.4, -0.2) is 0 Å². The van der Waals surface area contributed by atoms with Crippen LogP contribution < -0.4 is 0 Å². The van der Waals surface area contributed by atoms with Crippen LogP contribution in [0.25, 0.3) is 17.2 Å². The second kappa shape index (κ2) is 9.41. The molecule has 4 rings (SSSR count). The smallest absolute Gasteiger partial charge is 0.159 e. The lowest BCUT2D eigenvalue weighted by Gasteiger charge is -2.32. The largest absolute Gasteiger partial charge is 0.206 e. The molecule has 30 heavy (non-hydrogen) atoms. The molecule has 0 heterocycles. The first-order valence-corrected chi connectivity index (χ1v) is 11.5. The van der Waals surface area contributed by atoms with Gasteiger partial charge in [0.25, 0.3) is 0 Å². The molecule has 0 N–H and O–H groups in total. The predicted octanol–water partition coefficient (Wildman–Crippen LogP) is 8.49. The highest BCUT2D eigenvalue weighted by molar-refractivity contribution is 5.70. The van der Waals surface area contributed by atoms with Crippen molar-refractivity contribution in [1.82, 2.24) is 0 Å². The first kappa shape index (κ1) is 21.2. The van der Waals surface area contributed by atoms with Crippen LogP contribution in [0.5, 0.6) is 0 Å². The van der Waals surface area contributed by atoms with E-state index in [1.54, 1.807) is 6.07 Å². The molecule has 2 aromatic rings. The van der Waals surface area contributed by atoms with Crippen molar-refractivity contribution in [1.29, 1.82) is 0 Å². The quantitative estimate of drug-likeness (QED) is 0.417. The minimum atomic E-state index is -0.947. The Balaban J connectivity index is 1.48. The third kappa shape index (κ3) is 4.50. The molecule has 1 saturated carbocycles. The van der Waals surface area contributed by atoms with Crippen LogP contribution in [0.1, 0.15) is 75.8 Å². The van der Waals surface area contributed by atoms with E-state index in [9.17, 15) is 8.78 Å². The van der Waals surface area contributed by atoms with Crippen molar-refractivity contribution in [3.05, 3.63) is 64.5 Å².